The highest BCUT2D eigenvalue weighted by molar-refractivity contribution is 5.57. The molecule has 0 aliphatic rings. The number of nitrogens with zero attached hydrogens (tertiary/aromatic N) is 1. The largest absolute Gasteiger partial charge is 0.496 e. The van der Waals surface area contributed by atoms with E-state index in [2.05, 4.69) is 6.07 Å². The van der Waals surface area contributed by atoms with E-state index in [9.17, 15) is 5.26 Å². The standard InChI is InChI=1S/C16H15NO3/c1-18-13-8-15(19-2)14(10-17)16(9-13)20-11-12-6-4-3-5-7-12/h3-9H,11H2,1-2H3. The Morgan fingerprint density at radius 3 is 2.30 bits per heavy atom. The van der Waals surface area contributed by atoms with Crippen LogP contribution < -0.4 is 14.2 Å². The quantitative estimate of drug-likeness (QED) is 0.836. The zero-order valence-corrected chi connectivity index (χ0v) is 11.4. The second kappa shape index (κ2) is 6.48. The lowest BCUT2D eigenvalue weighted by Crippen LogP contribution is -2.00. The molecule has 20 heavy (non-hydrogen) atoms. The van der Waals surface area contributed by atoms with Crippen molar-refractivity contribution in [3.8, 4) is 23.3 Å². The van der Waals surface area contributed by atoms with Crippen LogP contribution in [-0.4, -0.2) is 14.2 Å². The summed E-state index contributed by atoms with van der Waals surface area (Å²) in [4.78, 5) is 0. The maximum atomic E-state index is 9.24. The third-order valence-corrected chi connectivity index (χ3v) is 2.84. The Morgan fingerprint density at radius 1 is 1.00 bits per heavy atom. The highest BCUT2D eigenvalue weighted by Crippen LogP contribution is 2.33. The van der Waals surface area contributed by atoms with Crippen molar-refractivity contribution >= 4 is 0 Å². The van der Waals surface area contributed by atoms with Crippen LogP contribution in [0.3, 0.4) is 0 Å². The van der Waals surface area contributed by atoms with Gasteiger partial charge in [-0.2, -0.15) is 5.26 Å². The number of benzene rings is 2. The lowest BCUT2D eigenvalue weighted by Gasteiger charge is -2.12. The van der Waals surface area contributed by atoms with E-state index in [1.807, 2.05) is 30.3 Å². The van der Waals surface area contributed by atoms with Crippen LogP contribution in [0.5, 0.6) is 17.2 Å². The molecule has 0 saturated carbocycles. The number of hydrogen-bond donors (Lipinski definition) is 0. The lowest BCUT2D eigenvalue weighted by atomic mass is 10.1. The molecule has 2 rings (SSSR count). The molecule has 0 aliphatic heterocycles. The summed E-state index contributed by atoms with van der Waals surface area (Å²) < 4.78 is 16.1. The Bertz CT molecular complexity index is 618. The summed E-state index contributed by atoms with van der Waals surface area (Å²) in [5, 5.41) is 9.24. The Kier molecular flexibility index (Phi) is 4.46. The molecule has 0 heterocycles. The highest BCUT2D eigenvalue weighted by Gasteiger charge is 2.13. The average Bonchev–Trinajstić information content (AvgIpc) is 2.52. The summed E-state index contributed by atoms with van der Waals surface area (Å²) in [5.41, 5.74) is 1.39. The number of methoxy groups -OCH3 is 2. The van der Waals surface area contributed by atoms with E-state index in [1.54, 1.807) is 19.2 Å². The molecule has 0 saturated heterocycles. The van der Waals surface area contributed by atoms with Crippen molar-refractivity contribution in [1.82, 2.24) is 0 Å². The van der Waals surface area contributed by atoms with Crippen LogP contribution in [0.25, 0.3) is 0 Å². The maximum absolute atomic E-state index is 9.24. The highest BCUT2D eigenvalue weighted by atomic mass is 16.5. The molecule has 0 fully saturated rings. The molecule has 0 aliphatic carbocycles. The van der Waals surface area contributed by atoms with Crippen molar-refractivity contribution in [1.29, 1.82) is 5.26 Å². The maximum Gasteiger partial charge on any atom is 0.145 e. The van der Waals surface area contributed by atoms with Gasteiger partial charge in [-0.3, -0.25) is 0 Å². The van der Waals surface area contributed by atoms with Crippen LogP contribution in [-0.2, 0) is 6.61 Å². The van der Waals surface area contributed by atoms with E-state index in [-0.39, 0.29) is 0 Å². The molecule has 2 aromatic carbocycles. The predicted octanol–water partition coefficient (Wildman–Crippen LogP) is 3.15. The van der Waals surface area contributed by atoms with Gasteiger partial charge >= 0.3 is 0 Å². The molecule has 0 atom stereocenters. The topological polar surface area (TPSA) is 51.5 Å². The molecule has 0 aromatic heterocycles. The first-order valence-corrected chi connectivity index (χ1v) is 6.11. The first-order valence-electron chi connectivity index (χ1n) is 6.11. The van der Waals surface area contributed by atoms with Gasteiger partial charge in [0, 0.05) is 12.1 Å². The number of ether oxygens (including phenoxy) is 3. The van der Waals surface area contributed by atoms with Gasteiger partial charge in [-0.05, 0) is 5.56 Å². The van der Waals surface area contributed by atoms with Crippen molar-refractivity contribution in [2.45, 2.75) is 6.61 Å². The van der Waals surface area contributed by atoms with Crippen molar-refractivity contribution < 1.29 is 14.2 Å². The van der Waals surface area contributed by atoms with Gasteiger partial charge in [-0.15, -0.1) is 0 Å². The van der Waals surface area contributed by atoms with E-state index >= 15 is 0 Å². The van der Waals surface area contributed by atoms with Crippen molar-refractivity contribution in [3.63, 3.8) is 0 Å². The number of rotatable bonds is 5. The second-order valence-electron chi connectivity index (χ2n) is 4.09. The molecule has 2 aromatic rings. The molecule has 0 spiro atoms. The Labute approximate surface area is 118 Å². The molecule has 0 amide bonds. The van der Waals surface area contributed by atoms with E-state index in [4.69, 9.17) is 14.2 Å². The van der Waals surface area contributed by atoms with Gasteiger partial charge in [0.15, 0.2) is 0 Å². The molecule has 0 N–H and O–H groups in total. The monoisotopic (exact) mass is 269 g/mol. The van der Waals surface area contributed by atoms with Gasteiger partial charge < -0.3 is 14.2 Å². The van der Waals surface area contributed by atoms with Gasteiger partial charge in [0.05, 0.1) is 14.2 Å². The van der Waals surface area contributed by atoms with Crippen LogP contribution in [0, 0.1) is 11.3 Å². The predicted molar refractivity (Wildman–Crippen MR) is 75.0 cm³/mol. The summed E-state index contributed by atoms with van der Waals surface area (Å²) in [6.07, 6.45) is 0. The summed E-state index contributed by atoms with van der Waals surface area (Å²) in [7, 11) is 3.07. The van der Waals surface area contributed by atoms with Gasteiger partial charge in [-0.1, -0.05) is 30.3 Å². The van der Waals surface area contributed by atoms with E-state index in [0.29, 0.717) is 29.4 Å². The first kappa shape index (κ1) is 13.8. The van der Waals surface area contributed by atoms with Crippen LogP contribution in [0.1, 0.15) is 11.1 Å². The molecular weight excluding hydrogens is 254 g/mol. The summed E-state index contributed by atoms with van der Waals surface area (Å²) in [5.74, 6) is 1.48. The van der Waals surface area contributed by atoms with E-state index in [1.165, 1.54) is 7.11 Å². The molecule has 0 unspecified atom stereocenters. The number of nitriles is 1. The third-order valence-electron chi connectivity index (χ3n) is 2.84. The number of hydrogen-bond acceptors (Lipinski definition) is 4. The van der Waals surface area contributed by atoms with Crippen LogP contribution in [0.2, 0.25) is 0 Å². The summed E-state index contributed by atoms with van der Waals surface area (Å²) >= 11 is 0. The SMILES string of the molecule is COc1cc(OC)c(C#N)c(OCc2ccccc2)c1. The summed E-state index contributed by atoms with van der Waals surface area (Å²) in [6.45, 7) is 0.381. The van der Waals surface area contributed by atoms with Gasteiger partial charge in [0.1, 0.15) is 35.5 Å². The van der Waals surface area contributed by atoms with Crippen LogP contribution in [0.4, 0.5) is 0 Å². The minimum atomic E-state index is 0.365. The zero-order valence-electron chi connectivity index (χ0n) is 11.4. The average molecular weight is 269 g/mol. The molecule has 4 heteroatoms. The van der Waals surface area contributed by atoms with Crippen LogP contribution in [0.15, 0.2) is 42.5 Å². The van der Waals surface area contributed by atoms with Crippen molar-refractivity contribution in [2.24, 2.45) is 0 Å². The van der Waals surface area contributed by atoms with E-state index < -0.39 is 0 Å². The van der Waals surface area contributed by atoms with Gasteiger partial charge in [0.25, 0.3) is 0 Å². The minimum Gasteiger partial charge on any atom is -0.496 e. The molecule has 102 valence electrons. The molecule has 0 bridgehead atoms. The lowest BCUT2D eigenvalue weighted by molar-refractivity contribution is 0.299. The Balaban J connectivity index is 2.28. The smallest absolute Gasteiger partial charge is 0.145 e. The van der Waals surface area contributed by atoms with E-state index in [0.717, 1.165) is 5.56 Å². The first-order chi connectivity index (χ1) is 9.78. The zero-order chi connectivity index (χ0) is 14.4. The van der Waals surface area contributed by atoms with Gasteiger partial charge in [-0.25, -0.2) is 0 Å². The molecular formula is C16H15NO3. The van der Waals surface area contributed by atoms with Crippen molar-refractivity contribution in [3.05, 3.63) is 53.6 Å². The Morgan fingerprint density at radius 2 is 1.70 bits per heavy atom. The minimum absolute atomic E-state index is 0.365. The fourth-order valence-electron chi connectivity index (χ4n) is 1.80. The Hall–Kier alpha value is -2.67. The van der Waals surface area contributed by atoms with Gasteiger partial charge in [0.2, 0.25) is 0 Å². The third kappa shape index (κ3) is 3.01. The summed E-state index contributed by atoms with van der Waals surface area (Å²) in [6, 6.07) is 15.2. The fourth-order valence-corrected chi connectivity index (χ4v) is 1.80. The molecule has 0 radical (unpaired) electrons. The second-order valence-corrected chi connectivity index (χ2v) is 4.09. The normalized spacial score (nSPS) is 9.65. The molecule has 4 nitrogen and oxygen atoms in total. The van der Waals surface area contributed by atoms with Crippen LogP contribution >= 0.6 is 0 Å². The van der Waals surface area contributed by atoms with Crippen molar-refractivity contribution in [2.75, 3.05) is 14.2 Å². The fraction of sp³-hybridized carbons (Fsp3) is 0.188.